The molecule has 0 radical (unpaired) electrons. The van der Waals surface area contributed by atoms with Gasteiger partial charge in [-0.1, -0.05) is 28.1 Å². The number of hydrogen-bond acceptors (Lipinski definition) is 4. The van der Waals surface area contributed by atoms with Crippen molar-refractivity contribution in [1.82, 2.24) is 9.21 Å². The second kappa shape index (κ2) is 7.58. The zero-order chi connectivity index (χ0) is 18.7. The van der Waals surface area contributed by atoms with Crippen LogP contribution in [0.1, 0.15) is 15.9 Å². The van der Waals surface area contributed by atoms with Crippen molar-refractivity contribution in [1.29, 1.82) is 5.26 Å². The first-order valence-electron chi connectivity index (χ1n) is 7.97. The Labute approximate surface area is 160 Å². The van der Waals surface area contributed by atoms with Gasteiger partial charge in [0.25, 0.3) is 5.91 Å². The average Bonchev–Trinajstić information content (AvgIpc) is 2.68. The van der Waals surface area contributed by atoms with Gasteiger partial charge in [-0.2, -0.15) is 9.57 Å². The number of piperazine rings is 1. The molecule has 1 aliphatic rings. The van der Waals surface area contributed by atoms with Gasteiger partial charge >= 0.3 is 0 Å². The van der Waals surface area contributed by atoms with Crippen molar-refractivity contribution in [3.05, 3.63) is 64.1 Å². The van der Waals surface area contributed by atoms with Crippen LogP contribution in [0, 0.1) is 11.3 Å². The number of amides is 1. The molecule has 0 aromatic heterocycles. The van der Waals surface area contributed by atoms with E-state index in [2.05, 4.69) is 15.9 Å². The summed E-state index contributed by atoms with van der Waals surface area (Å²) >= 11 is 3.33. The van der Waals surface area contributed by atoms with Gasteiger partial charge in [-0.3, -0.25) is 4.79 Å². The van der Waals surface area contributed by atoms with Crippen molar-refractivity contribution in [2.45, 2.75) is 4.90 Å². The number of rotatable bonds is 3. The molecular weight excluding hydrogens is 418 g/mol. The van der Waals surface area contributed by atoms with Crippen molar-refractivity contribution in [3.63, 3.8) is 0 Å². The van der Waals surface area contributed by atoms with Crippen molar-refractivity contribution >= 4 is 31.9 Å². The Morgan fingerprint density at radius 2 is 1.62 bits per heavy atom. The van der Waals surface area contributed by atoms with Crippen LogP contribution in [0.15, 0.2) is 57.9 Å². The summed E-state index contributed by atoms with van der Waals surface area (Å²) in [4.78, 5) is 14.2. The van der Waals surface area contributed by atoms with Gasteiger partial charge < -0.3 is 4.90 Å². The van der Waals surface area contributed by atoms with Gasteiger partial charge in [0, 0.05) is 36.2 Å². The molecule has 0 N–H and O–H groups in total. The van der Waals surface area contributed by atoms with E-state index in [1.165, 1.54) is 16.4 Å². The van der Waals surface area contributed by atoms with E-state index < -0.39 is 10.0 Å². The maximum atomic E-state index is 12.8. The molecule has 8 heteroatoms. The van der Waals surface area contributed by atoms with E-state index >= 15 is 0 Å². The molecule has 0 spiro atoms. The minimum Gasteiger partial charge on any atom is -0.336 e. The van der Waals surface area contributed by atoms with Gasteiger partial charge in [-0.05, 0) is 36.4 Å². The lowest BCUT2D eigenvalue weighted by Crippen LogP contribution is -2.50. The Hall–Kier alpha value is -2.21. The fourth-order valence-corrected chi connectivity index (χ4v) is 4.66. The number of halogens is 1. The number of carbonyl (C=O) groups is 1. The Bertz CT molecular complexity index is 960. The van der Waals surface area contributed by atoms with E-state index in [9.17, 15) is 13.2 Å². The summed E-state index contributed by atoms with van der Waals surface area (Å²) in [6.45, 7) is 1.01. The Balaban J connectivity index is 1.73. The van der Waals surface area contributed by atoms with Crippen molar-refractivity contribution in [2.24, 2.45) is 0 Å². The number of carbonyl (C=O) groups excluding carboxylic acids is 1. The molecule has 1 saturated heterocycles. The highest BCUT2D eigenvalue weighted by Gasteiger charge is 2.31. The van der Waals surface area contributed by atoms with Crippen LogP contribution in [0.4, 0.5) is 0 Å². The predicted octanol–water partition coefficient (Wildman–Crippen LogP) is 2.47. The molecule has 2 aromatic carbocycles. The summed E-state index contributed by atoms with van der Waals surface area (Å²) in [5.74, 6) is -0.119. The van der Waals surface area contributed by atoms with Crippen molar-refractivity contribution in [2.75, 3.05) is 26.2 Å². The predicted molar refractivity (Wildman–Crippen MR) is 100.0 cm³/mol. The molecule has 1 heterocycles. The van der Waals surface area contributed by atoms with Gasteiger partial charge in [0.05, 0.1) is 10.5 Å². The maximum Gasteiger partial charge on any atom is 0.253 e. The van der Waals surface area contributed by atoms with E-state index in [0.717, 1.165) is 4.47 Å². The standard InChI is InChI=1S/C18H16BrN3O3S/c19-16-7-5-14(6-8-16)18(23)21-9-11-22(12-10-21)26(24,25)17-4-2-1-3-15(17)13-20/h1-8H,9-12H2. The Morgan fingerprint density at radius 3 is 2.23 bits per heavy atom. The van der Waals surface area contributed by atoms with Crippen LogP contribution in [-0.4, -0.2) is 49.7 Å². The first-order valence-corrected chi connectivity index (χ1v) is 10.2. The minimum absolute atomic E-state index is 0.00943. The van der Waals surface area contributed by atoms with Crippen LogP contribution in [-0.2, 0) is 10.0 Å². The average molecular weight is 434 g/mol. The molecule has 0 saturated carbocycles. The molecule has 0 bridgehead atoms. The molecule has 0 aliphatic carbocycles. The van der Waals surface area contributed by atoms with Crippen LogP contribution in [0.25, 0.3) is 0 Å². The van der Waals surface area contributed by atoms with Crippen molar-refractivity contribution in [3.8, 4) is 6.07 Å². The van der Waals surface area contributed by atoms with E-state index in [0.29, 0.717) is 18.7 Å². The minimum atomic E-state index is -3.76. The largest absolute Gasteiger partial charge is 0.336 e. The molecule has 0 atom stereocenters. The monoisotopic (exact) mass is 433 g/mol. The lowest BCUT2D eigenvalue weighted by atomic mass is 10.2. The fraction of sp³-hybridized carbons (Fsp3) is 0.222. The highest BCUT2D eigenvalue weighted by molar-refractivity contribution is 9.10. The summed E-state index contributed by atoms with van der Waals surface area (Å²) in [5.41, 5.74) is 0.695. The summed E-state index contributed by atoms with van der Waals surface area (Å²) in [5, 5.41) is 9.15. The molecule has 1 amide bonds. The van der Waals surface area contributed by atoms with Gasteiger partial charge in [-0.25, -0.2) is 8.42 Å². The Morgan fingerprint density at radius 1 is 1.00 bits per heavy atom. The third-order valence-corrected chi connectivity index (χ3v) is 6.73. The normalized spacial score (nSPS) is 15.5. The maximum absolute atomic E-state index is 12.8. The molecule has 6 nitrogen and oxygen atoms in total. The Kier molecular flexibility index (Phi) is 5.41. The second-order valence-corrected chi connectivity index (χ2v) is 8.63. The zero-order valence-electron chi connectivity index (χ0n) is 13.8. The lowest BCUT2D eigenvalue weighted by Gasteiger charge is -2.34. The summed E-state index contributed by atoms with van der Waals surface area (Å²) in [7, 11) is -3.76. The van der Waals surface area contributed by atoms with Crippen LogP contribution < -0.4 is 0 Å². The summed E-state index contributed by atoms with van der Waals surface area (Å²) in [6.07, 6.45) is 0. The van der Waals surface area contributed by atoms with E-state index in [4.69, 9.17) is 5.26 Å². The topological polar surface area (TPSA) is 81.5 Å². The molecule has 3 rings (SSSR count). The molecule has 0 unspecified atom stereocenters. The highest BCUT2D eigenvalue weighted by atomic mass is 79.9. The van der Waals surface area contributed by atoms with Crippen LogP contribution in [0.5, 0.6) is 0 Å². The molecule has 134 valence electrons. The number of sulfonamides is 1. The number of nitrogens with zero attached hydrogens (tertiary/aromatic N) is 3. The second-order valence-electron chi connectivity index (χ2n) is 5.81. The summed E-state index contributed by atoms with van der Waals surface area (Å²) in [6, 6.07) is 15.1. The molecule has 1 fully saturated rings. The first-order chi connectivity index (χ1) is 12.4. The molecule has 2 aromatic rings. The molecule has 1 aliphatic heterocycles. The van der Waals surface area contributed by atoms with Crippen LogP contribution in [0.2, 0.25) is 0 Å². The van der Waals surface area contributed by atoms with E-state index in [-0.39, 0.29) is 29.5 Å². The first kappa shape index (κ1) is 18.6. The third-order valence-electron chi connectivity index (χ3n) is 4.24. The van der Waals surface area contributed by atoms with Crippen LogP contribution in [0.3, 0.4) is 0 Å². The molecular formula is C18H16BrN3O3S. The molecule has 26 heavy (non-hydrogen) atoms. The highest BCUT2D eigenvalue weighted by Crippen LogP contribution is 2.21. The van der Waals surface area contributed by atoms with E-state index in [1.54, 1.807) is 41.3 Å². The summed E-state index contributed by atoms with van der Waals surface area (Å²) < 4.78 is 27.9. The van der Waals surface area contributed by atoms with E-state index in [1.807, 2.05) is 6.07 Å². The van der Waals surface area contributed by atoms with Gasteiger partial charge in [0.1, 0.15) is 6.07 Å². The number of nitriles is 1. The van der Waals surface area contributed by atoms with Gasteiger partial charge in [-0.15, -0.1) is 0 Å². The quantitative estimate of drug-likeness (QED) is 0.744. The lowest BCUT2D eigenvalue weighted by molar-refractivity contribution is 0.0698. The smallest absolute Gasteiger partial charge is 0.253 e. The van der Waals surface area contributed by atoms with Gasteiger partial charge in [0.15, 0.2) is 0 Å². The zero-order valence-corrected chi connectivity index (χ0v) is 16.2. The SMILES string of the molecule is N#Cc1ccccc1S(=O)(=O)N1CCN(C(=O)c2ccc(Br)cc2)CC1. The van der Waals surface area contributed by atoms with Crippen LogP contribution >= 0.6 is 15.9 Å². The number of hydrogen-bond donors (Lipinski definition) is 0. The fourth-order valence-electron chi connectivity index (χ4n) is 2.83. The van der Waals surface area contributed by atoms with Crippen molar-refractivity contribution < 1.29 is 13.2 Å². The number of benzene rings is 2. The van der Waals surface area contributed by atoms with Gasteiger partial charge in [0.2, 0.25) is 10.0 Å². The third kappa shape index (κ3) is 3.65.